The van der Waals surface area contributed by atoms with Gasteiger partial charge >= 0.3 is 0 Å². The van der Waals surface area contributed by atoms with Crippen LogP contribution in [0.25, 0.3) is 0 Å². The molecule has 0 saturated heterocycles. The molecule has 1 heterocycles. The number of benzene rings is 1. The van der Waals surface area contributed by atoms with Gasteiger partial charge in [0.25, 0.3) is 5.91 Å². The molecule has 5 heteroatoms. The van der Waals surface area contributed by atoms with Gasteiger partial charge in [-0.05, 0) is 30.9 Å². The lowest BCUT2D eigenvalue weighted by atomic mass is 9.98. The molecule has 24 heavy (non-hydrogen) atoms. The molecule has 3 rings (SSSR count). The molecule has 0 spiro atoms. The molecule has 1 atom stereocenters. The number of carbonyl (C=O) groups is 2. The first-order valence-corrected chi connectivity index (χ1v) is 9.02. The van der Waals surface area contributed by atoms with Crippen LogP contribution in [-0.4, -0.2) is 31.1 Å². The molecule has 1 fully saturated rings. The highest BCUT2D eigenvalue weighted by atomic mass is 16.5. The number of amides is 2. The molecule has 1 aliphatic heterocycles. The molecule has 0 aromatic heterocycles. The van der Waals surface area contributed by atoms with Crippen LogP contribution in [-0.2, 0) is 9.53 Å². The van der Waals surface area contributed by atoms with Gasteiger partial charge in [0, 0.05) is 18.7 Å². The normalized spacial score (nSPS) is 20.5. The molecule has 2 aliphatic rings. The predicted molar refractivity (Wildman–Crippen MR) is 91.7 cm³/mol. The van der Waals surface area contributed by atoms with E-state index < -0.39 is 0 Å². The Bertz CT molecular complexity index is 582. The summed E-state index contributed by atoms with van der Waals surface area (Å²) in [5.41, 5.74) is 1.59. The molecule has 2 amide bonds. The standard InChI is InChI=1S/C19H26N2O3/c22-18(20-11-6-12-24-14-7-2-1-3-8-14)13-17-15-9-4-5-10-16(15)19(23)21-17/h4-5,9-10,14,17H,1-3,6-8,11-13H2,(H,20,22)(H,21,23)/t17-/m1/s1. The van der Waals surface area contributed by atoms with Crippen molar-refractivity contribution in [3.05, 3.63) is 35.4 Å². The van der Waals surface area contributed by atoms with Crippen molar-refractivity contribution in [2.75, 3.05) is 13.2 Å². The van der Waals surface area contributed by atoms with Crippen molar-refractivity contribution in [3.63, 3.8) is 0 Å². The zero-order valence-electron chi connectivity index (χ0n) is 14.1. The van der Waals surface area contributed by atoms with E-state index in [1.54, 1.807) is 6.07 Å². The smallest absolute Gasteiger partial charge is 0.252 e. The Morgan fingerprint density at radius 2 is 2.00 bits per heavy atom. The van der Waals surface area contributed by atoms with Crippen LogP contribution in [0.3, 0.4) is 0 Å². The summed E-state index contributed by atoms with van der Waals surface area (Å²) in [5, 5.41) is 5.79. The van der Waals surface area contributed by atoms with Gasteiger partial charge in [-0.2, -0.15) is 0 Å². The number of hydrogen-bond acceptors (Lipinski definition) is 3. The summed E-state index contributed by atoms with van der Waals surface area (Å²) in [6.45, 7) is 1.32. The molecule has 1 aromatic carbocycles. The van der Waals surface area contributed by atoms with E-state index in [1.165, 1.54) is 32.1 Å². The Morgan fingerprint density at radius 3 is 2.83 bits per heavy atom. The molecule has 1 aromatic rings. The molecule has 2 N–H and O–H groups in total. The van der Waals surface area contributed by atoms with E-state index in [1.807, 2.05) is 18.2 Å². The average molecular weight is 330 g/mol. The van der Waals surface area contributed by atoms with Crippen LogP contribution >= 0.6 is 0 Å². The topological polar surface area (TPSA) is 67.4 Å². The van der Waals surface area contributed by atoms with Gasteiger partial charge in [-0.1, -0.05) is 37.5 Å². The van der Waals surface area contributed by atoms with Crippen molar-refractivity contribution >= 4 is 11.8 Å². The van der Waals surface area contributed by atoms with Crippen LogP contribution < -0.4 is 10.6 Å². The van der Waals surface area contributed by atoms with Gasteiger partial charge in [0.1, 0.15) is 0 Å². The first-order valence-electron chi connectivity index (χ1n) is 9.02. The van der Waals surface area contributed by atoms with Gasteiger partial charge in [0.05, 0.1) is 18.6 Å². The number of fused-ring (bicyclic) bond motifs is 1. The van der Waals surface area contributed by atoms with Crippen molar-refractivity contribution < 1.29 is 14.3 Å². The van der Waals surface area contributed by atoms with Gasteiger partial charge in [-0.3, -0.25) is 9.59 Å². The van der Waals surface area contributed by atoms with Crippen LogP contribution in [0.15, 0.2) is 24.3 Å². The van der Waals surface area contributed by atoms with E-state index in [9.17, 15) is 9.59 Å². The third kappa shape index (κ3) is 4.35. The van der Waals surface area contributed by atoms with Gasteiger partial charge < -0.3 is 15.4 Å². The Labute approximate surface area is 143 Å². The van der Waals surface area contributed by atoms with Crippen LogP contribution in [0.1, 0.15) is 66.9 Å². The van der Waals surface area contributed by atoms with Crippen LogP contribution in [0.5, 0.6) is 0 Å². The highest BCUT2D eigenvalue weighted by Crippen LogP contribution is 2.27. The molecule has 1 saturated carbocycles. The molecule has 5 nitrogen and oxygen atoms in total. The monoisotopic (exact) mass is 330 g/mol. The van der Waals surface area contributed by atoms with Gasteiger partial charge in [-0.15, -0.1) is 0 Å². The van der Waals surface area contributed by atoms with E-state index in [4.69, 9.17) is 4.74 Å². The number of hydrogen-bond donors (Lipinski definition) is 2. The lowest BCUT2D eigenvalue weighted by molar-refractivity contribution is -0.121. The molecule has 0 radical (unpaired) electrons. The quantitative estimate of drug-likeness (QED) is 0.755. The largest absolute Gasteiger partial charge is 0.378 e. The second-order valence-electron chi connectivity index (χ2n) is 6.65. The highest BCUT2D eigenvalue weighted by molar-refractivity contribution is 5.99. The van der Waals surface area contributed by atoms with Crippen molar-refractivity contribution in [1.82, 2.24) is 10.6 Å². The molecule has 0 unspecified atom stereocenters. The minimum Gasteiger partial charge on any atom is -0.378 e. The zero-order valence-corrected chi connectivity index (χ0v) is 14.1. The Kier molecular flexibility index (Phi) is 5.86. The van der Waals surface area contributed by atoms with Crippen LogP contribution in [0.4, 0.5) is 0 Å². The summed E-state index contributed by atoms with van der Waals surface area (Å²) < 4.78 is 5.85. The van der Waals surface area contributed by atoms with Crippen LogP contribution in [0.2, 0.25) is 0 Å². The first kappa shape index (κ1) is 17.0. The lowest BCUT2D eigenvalue weighted by Gasteiger charge is -2.22. The maximum absolute atomic E-state index is 12.1. The summed E-state index contributed by atoms with van der Waals surface area (Å²) in [4.78, 5) is 23.9. The fraction of sp³-hybridized carbons (Fsp3) is 0.579. The fourth-order valence-electron chi connectivity index (χ4n) is 3.52. The number of nitrogens with one attached hydrogen (secondary N) is 2. The van der Waals surface area contributed by atoms with E-state index in [-0.39, 0.29) is 24.3 Å². The Morgan fingerprint density at radius 1 is 1.21 bits per heavy atom. The maximum Gasteiger partial charge on any atom is 0.252 e. The minimum absolute atomic E-state index is 0.0327. The summed E-state index contributed by atoms with van der Waals surface area (Å²) in [6, 6.07) is 7.22. The van der Waals surface area contributed by atoms with E-state index in [2.05, 4.69) is 10.6 Å². The average Bonchev–Trinajstić information content (AvgIpc) is 2.92. The second-order valence-corrected chi connectivity index (χ2v) is 6.65. The number of ether oxygens (including phenoxy) is 1. The van der Waals surface area contributed by atoms with E-state index >= 15 is 0 Å². The predicted octanol–water partition coefficient (Wildman–Crippen LogP) is 2.72. The summed E-state index contributed by atoms with van der Waals surface area (Å²) >= 11 is 0. The highest BCUT2D eigenvalue weighted by Gasteiger charge is 2.29. The molecule has 130 valence electrons. The number of carbonyl (C=O) groups excluding carboxylic acids is 2. The van der Waals surface area contributed by atoms with Gasteiger partial charge in [-0.25, -0.2) is 0 Å². The zero-order chi connectivity index (χ0) is 16.8. The summed E-state index contributed by atoms with van der Waals surface area (Å²) in [5.74, 6) is -0.126. The summed E-state index contributed by atoms with van der Waals surface area (Å²) in [6.07, 6.45) is 7.75. The molecule has 1 aliphatic carbocycles. The van der Waals surface area contributed by atoms with Crippen molar-refractivity contribution in [3.8, 4) is 0 Å². The SMILES string of the molecule is O=C(C[C@H]1NC(=O)c2ccccc21)NCCCOC1CCCCC1. The van der Waals surface area contributed by atoms with Gasteiger partial charge in [0.2, 0.25) is 5.91 Å². The second kappa shape index (κ2) is 8.29. The Balaban J connectivity index is 1.34. The minimum atomic E-state index is -0.216. The van der Waals surface area contributed by atoms with Crippen molar-refractivity contribution in [2.45, 2.75) is 57.1 Å². The van der Waals surface area contributed by atoms with Crippen molar-refractivity contribution in [2.24, 2.45) is 0 Å². The number of rotatable bonds is 7. The van der Waals surface area contributed by atoms with E-state index in [0.29, 0.717) is 24.8 Å². The lowest BCUT2D eigenvalue weighted by Crippen LogP contribution is -2.30. The Hall–Kier alpha value is -1.88. The maximum atomic E-state index is 12.1. The van der Waals surface area contributed by atoms with Crippen molar-refractivity contribution in [1.29, 1.82) is 0 Å². The van der Waals surface area contributed by atoms with Crippen LogP contribution in [0, 0.1) is 0 Å². The third-order valence-corrected chi connectivity index (χ3v) is 4.82. The summed E-state index contributed by atoms with van der Waals surface area (Å²) in [7, 11) is 0. The van der Waals surface area contributed by atoms with Gasteiger partial charge in [0.15, 0.2) is 0 Å². The molecular formula is C19H26N2O3. The van der Waals surface area contributed by atoms with E-state index in [0.717, 1.165) is 12.0 Å². The first-order chi connectivity index (χ1) is 11.7. The third-order valence-electron chi connectivity index (χ3n) is 4.82. The fourth-order valence-corrected chi connectivity index (χ4v) is 3.52. The molecular weight excluding hydrogens is 304 g/mol. The molecule has 0 bridgehead atoms.